The van der Waals surface area contributed by atoms with Gasteiger partial charge in [0.2, 0.25) is 0 Å². The van der Waals surface area contributed by atoms with Gasteiger partial charge in [-0.3, -0.25) is 4.31 Å². The molecule has 1 unspecified atom stereocenters. The number of aliphatic carboxylic acids is 1. The van der Waals surface area contributed by atoms with Crippen LogP contribution in [0.25, 0.3) is 11.1 Å². The van der Waals surface area contributed by atoms with E-state index < -0.39 is 62.5 Å². The Morgan fingerprint density at radius 1 is 1.03 bits per heavy atom. The fraction of sp³-hybridized carbons (Fsp3) is 0.269. The van der Waals surface area contributed by atoms with E-state index in [4.69, 9.17) is 4.74 Å². The number of carboxylic acid groups (broad SMARTS) is 1. The van der Waals surface area contributed by atoms with Gasteiger partial charge in [0.15, 0.2) is 5.60 Å². The molecule has 3 aromatic carbocycles. The van der Waals surface area contributed by atoms with E-state index >= 15 is 0 Å². The lowest BCUT2D eigenvalue weighted by molar-refractivity contribution is -0.167. The van der Waals surface area contributed by atoms with Crippen molar-refractivity contribution >= 4 is 21.7 Å². The largest absolute Gasteiger partial charge is 0.479 e. The number of hydrogen-bond donors (Lipinski definition) is 1. The minimum absolute atomic E-state index is 0.0246. The highest BCUT2D eigenvalue weighted by molar-refractivity contribution is 7.92. The summed E-state index contributed by atoms with van der Waals surface area (Å²) in [5.41, 5.74) is -2.50. The standard InChI is InChI=1S/C26H22F5NO5S/c1-25(2,24(33)34)37-19-10-16-7-6-15(21-13-18(27)8-9-22(21)28)11-23(16)32(14-19)38(35,36)20-5-3-4-17(12-20)26(29,30)31/h3-9,11-13,19H,10,14H2,1-2H3,(H,33,34). The van der Waals surface area contributed by atoms with Crippen LogP contribution < -0.4 is 4.31 Å². The van der Waals surface area contributed by atoms with Crippen LogP contribution in [0.3, 0.4) is 0 Å². The van der Waals surface area contributed by atoms with Crippen LogP contribution >= 0.6 is 0 Å². The molecule has 3 aromatic rings. The third kappa shape index (κ3) is 5.37. The number of nitrogens with zero attached hydrogens (tertiary/aromatic N) is 1. The first-order chi connectivity index (χ1) is 17.6. The number of anilines is 1. The number of rotatable bonds is 6. The minimum Gasteiger partial charge on any atom is -0.479 e. The van der Waals surface area contributed by atoms with E-state index in [-0.39, 0.29) is 23.2 Å². The fourth-order valence-corrected chi connectivity index (χ4v) is 5.75. The third-order valence-electron chi connectivity index (χ3n) is 6.14. The molecule has 1 N–H and O–H groups in total. The molecule has 1 aliphatic heterocycles. The molecule has 0 amide bonds. The molecule has 38 heavy (non-hydrogen) atoms. The first kappa shape index (κ1) is 27.5. The molecule has 0 fully saturated rings. The number of ether oxygens (including phenoxy) is 1. The van der Waals surface area contributed by atoms with E-state index in [1.54, 1.807) is 0 Å². The Labute approximate surface area is 215 Å². The average molecular weight is 556 g/mol. The van der Waals surface area contributed by atoms with Crippen molar-refractivity contribution in [3.63, 3.8) is 0 Å². The lowest BCUT2D eigenvalue weighted by Crippen LogP contribution is -2.48. The van der Waals surface area contributed by atoms with Crippen molar-refractivity contribution in [2.24, 2.45) is 0 Å². The van der Waals surface area contributed by atoms with Crippen molar-refractivity contribution in [2.45, 2.75) is 43.0 Å². The van der Waals surface area contributed by atoms with Gasteiger partial charge >= 0.3 is 12.1 Å². The zero-order chi connectivity index (χ0) is 28.0. The molecule has 6 nitrogen and oxygen atoms in total. The summed E-state index contributed by atoms with van der Waals surface area (Å²) in [5.74, 6) is -2.79. The number of sulfonamides is 1. The number of carboxylic acids is 1. The first-order valence-corrected chi connectivity index (χ1v) is 12.7. The average Bonchev–Trinajstić information content (AvgIpc) is 2.84. The number of hydrogen-bond acceptors (Lipinski definition) is 4. The van der Waals surface area contributed by atoms with Gasteiger partial charge in [-0.2, -0.15) is 13.2 Å². The Morgan fingerprint density at radius 3 is 2.39 bits per heavy atom. The Hall–Kier alpha value is -3.51. The Morgan fingerprint density at radius 2 is 1.74 bits per heavy atom. The van der Waals surface area contributed by atoms with E-state index in [1.807, 2.05) is 0 Å². The molecule has 0 spiro atoms. The number of carbonyl (C=O) groups is 1. The molecule has 0 saturated carbocycles. The van der Waals surface area contributed by atoms with Crippen LogP contribution in [-0.4, -0.2) is 37.7 Å². The molecular formula is C26H22F5NO5S. The van der Waals surface area contributed by atoms with Crippen molar-refractivity contribution in [1.29, 1.82) is 0 Å². The summed E-state index contributed by atoms with van der Waals surface area (Å²) >= 11 is 0. The predicted molar refractivity (Wildman–Crippen MR) is 128 cm³/mol. The summed E-state index contributed by atoms with van der Waals surface area (Å²) in [6.07, 6.45) is -5.72. The molecule has 0 radical (unpaired) electrons. The van der Waals surface area contributed by atoms with Crippen LogP contribution in [0.2, 0.25) is 0 Å². The van der Waals surface area contributed by atoms with Gasteiger partial charge in [0.25, 0.3) is 10.0 Å². The number of fused-ring (bicyclic) bond motifs is 1. The second-order valence-electron chi connectivity index (χ2n) is 9.29. The smallest absolute Gasteiger partial charge is 0.416 e. The maximum atomic E-state index is 14.5. The molecule has 4 rings (SSSR count). The number of benzene rings is 3. The summed E-state index contributed by atoms with van der Waals surface area (Å²) in [4.78, 5) is 10.9. The Bertz CT molecular complexity index is 1500. The normalized spacial score (nSPS) is 16.3. The SMILES string of the molecule is CC(C)(OC1Cc2ccc(-c3cc(F)ccc3F)cc2N(S(=O)(=O)c2cccc(C(F)(F)F)c2)C1)C(=O)O. The van der Waals surface area contributed by atoms with E-state index in [9.17, 15) is 40.3 Å². The lowest BCUT2D eigenvalue weighted by atomic mass is 9.96. The molecule has 0 bridgehead atoms. The first-order valence-electron chi connectivity index (χ1n) is 11.3. The van der Waals surface area contributed by atoms with Gasteiger partial charge in [-0.1, -0.05) is 18.2 Å². The summed E-state index contributed by atoms with van der Waals surface area (Å²) < 4.78 is 102. The summed E-state index contributed by atoms with van der Waals surface area (Å²) in [6.45, 7) is 2.13. The highest BCUT2D eigenvalue weighted by atomic mass is 32.2. The monoisotopic (exact) mass is 555 g/mol. The van der Waals surface area contributed by atoms with Gasteiger partial charge < -0.3 is 9.84 Å². The molecule has 1 atom stereocenters. The summed E-state index contributed by atoms with van der Waals surface area (Å²) in [7, 11) is -4.65. The highest BCUT2D eigenvalue weighted by Gasteiger charge is 2.40. The molecule has 0 aromatic heterocycles. The number of alkyl halides is 3. The van der Waals surface area contributed by atoms with Crippen molar-refractivity contribution in [3.8, 4) is 11.1 Å². The van der Waals surface area contributed by atoms with E-state index in [0.29, 0.717) is 11.6 Å². The van der Waals surface area contributed by atoms with E-state index in [0.717, 1.165) is 40.7 Å². The quantitative estimate of drug-likeness (QED) is 0.398. The topological polar surface area (TPSA) is 83.9 Å². The molecule has 0 aliphatic carbocycles. The van der Waals surface area contributed by atoms with Gasteiger partial charge in [-0.25, -0.2) is 22.0 Å². The second-order valence-corrected chi connectivity index (χ2v) is 11.2. The lowest BCUT2D eigenvalue weighted by Gasteiger charge is -2.38. The molecule has 1 aliphatic rings. The van der Waals surface area contributed by atoms with Crippen molar-refractivity contribution < 1.29 is 45.0 Å². The van der Waals surface area contributed by atoms with Crippen molar-refractivity contribution in [1.82, 2.24) is 0 Å². The van der Waals surface area contributed by atoms with Crippen molar-refractivity contribution in [2.75, 3.05) is 10.8 Å². The molecule has 202 valence electrons. The van der Waals surface area contributed by atoms with E-state index in [2.05, 4.69) is 0 Å². The van der Waals surface area contributed by atoms with Gasteiger partial charge in [0.05, 0.1) is 28.8 Å². The summed E-state index contributed by atoms with van der Waals surface area (Å²) in [5, 5.41) is 9.46. The highest BCUT2D eigenvalue weighted by Crippen LogP contribution is 2.39. The zero-order valence-electron chi connectivity index (χ0n) is 20.1. The summed E-state index contributed by atoms with van der Waals surface area (Å²) in [6, 6.07) is 10.2. The number of halogens is 5. The molecule has 12 heteroatoms. The van der Waals surface area contributed by atoms with Crippen LogP contribution in [0, 0.1) is 11.6 Å². The fourth-order valence-electron chi connectivity index (χ4n) is 4.18. The zero-order valence-corrected chi connectivity index (χ0v) is 20.9. The minimum atomic E-state index is -4.80. The maximum Gasteiger partial charge on any atom is 0.416 e. The van der Waals surface area contributed by atoms with Crippen molar-refractivity contribution in [3.05, 3.63) is 83.4 Å². The van der Waals surface area contributed by atoms with Crippen LogP contribution in [-0.2, 0) is 32.2 Å². The maximum absolute atomic E-state index is 14.5. The molecular weight excluding hydrogens is 533 g/mol. The van der Waals surface area contributed by atoms with E-state index in [1.165, 1.54) is 32.0 Å². The van der Waals surface area contributed by atoms with Crippen LogP contribution in [0.4, 0.5) is 27.6 Å². The Kier molecular flexibility index (Phi) is 7.00. The van der Waals surface area contributed by atoms with Gasteiger partial charge in [0, 0.05) is 12.0 Å². The molecule has 0 saturated heterocycles. The van der Waals surface area contributed by atoms with Crippen LogP contribution in [0.5, 0.6) is 0 Å². The molecule has 1 heterocycles. The Balaban J connectivity index is 1.86. The predicted octanol–water partition coefficient (Wildman–Crippen LogP) is 5.65. The van der Waals surface area contributed by atoms with Gasteiger partial charge in [-0.15, -0.1) is 0 Å². The van der Waals surface area contributed by atoms with Crippen LogP contribution in [0.15, 0.2) is 65.6 Å². The second kappa shape index (κ2) is 9.66. The van der Waals surface area contributed by atoms with Gasteiger partial charge in [-0.05, 0) is 67.4 Å². The van der Waals surface area contributed by atoms with Crippen LogP contribution in [0.1, 0.15) is 25.0 Å². The third-order valence-corrected chi connectivity index (χ3v) is 7.91. The van der Waals surface area contributed by atoms with Gasteiger partial charge in [0.1, 0.15) is 11.6 Å².